The zero-order chi connectivity index (χ0) is 20.1. The maximum Gasteiger partial charge on any atom is 0.196 e. The van der Waals surface area contributed by atoms with Gasteiger partial charge in [0.05, 0.1) is 30.1 Å². The predicted octanol–water partition coefficient (Wildman–Crippen LogP) is 4.88. The quantitative estimate of drug-likeness (QED) is 0.324. The summed E-state index contributed by atoms with van der Waals surface area (Å²) in [5.74, 6) is 2.99. The number of benzene rings is 2. The number of thioether (sulfide) groups is 1. The number of aryl methyl sites for hydroxylation is 1. The van der Waals surface area contributed by atoms with Gasteiger partial charge in [0, 0.05) is 11.4 Å². The SMILES string of the molecule is Cc1occc1-c1nnc(SCCOc2ccc(C#N)cc2)n1-c1ccccc1. The van der Waals surface area contributed by atoms with Crippen molar-refractivity contribution in [3.05, 3.63) is 78.3 Å². The van der Waals surface area contributed by atoms with Crippen LogP contribution < -0.4 is 4.74 Å². The molecule has 0 atom stereocenters. The maximum absolute atomic E-state index is 8.86. The normalized spacial score (nSPS) is 10.6. The van der Waals surface area contributed by atoms with E-state index in [4.69, 9.17) is 14.4 Å². The Morgan fingerprint density at radius 1 is 1.07 bits per heavy atom. The van der Waals surface area contributed by atoms with Crippen LogP contribution >= 0.6 is 11.8 Å². The molecule has 0 aliphatic heterocycles. The first-order valence-electron chi connectivity index (χ1n) is 9.07. The van der Waals surface area contributed by atoms with E-state index in [0.717, 1.165) is 33.7 Å². The van der Waals surface area contributed by atoms with Crippen molar-refractivity contribution in [1.29, 1.82) is 5.26 Å². The second kappa shape index (κ2) is 8.67. The van der Waals surface area contributed by atoms with Crippen LogP contribution in [0, 0.1) is 18.3 Å². The number of hydrogen-bond donors (Lipinski definition) is 0. The minimum atomic E-state index is 0.512. The van der Waals surface area contributed by atoms with Crippen molar-refractivity contribution in [2.24, 2.45) is 0 Å². The number of rotatable bonds is 7. The summed E-state index contributed by atoms with van der Waals surface area (Å²) < 4.78 is 13.3. The molecular formula is C22H18N4O2S. The van der Waals surface area contributed by atoms with Gasteiger partial charge in [0.1, 0.15) is 11.5 Å². The summed E-state index contributed by atoms with van der Waals surface area (Å²) in [7, 11) is 0. The van der Waals surface area contributed by atoms with E-state index in [1.54, 1.807) is 42.3 Å². The van der Waals surface area contributed by atoms with Gasteiger partial charge in [-0.05, 0) is 49.4 Å². The number of aromatic nitrogens is 3. The second-order valence-electron chi connectivity index (χ2n) is 6.20. The van der Waals surface area contributed by atoms with Crippen molar-refractivity contribution < 1.29 is 9.15 Å². The zero-order valence-electron chi connectivity index (χ0n) is 15.8. The number of para-hydroxylation sites is 1. The molecule has 0 bridgehead atoms. The first kappa shape index (κ1) is 18.8. The summed E-state index contributed by atoms with van der Waals surface area (Å²) in [4.78, 5) is 0. The number of hydrogen-bond acceptors (Lipinski definition) is 6. The van der Waals surface area contributed by atoms with Gasteiger partial charge in [0.15, 0.2) is 11.0 Å². The van der Waals surface area contributed by atoms with Crippen molar-refractivity contribution in [2.75, 3.05) is 12.4 Å². The molecule has 0 saturated heterocycles. The fraction of sp³-hybridized carbons (Fsp3) is 0.136. The Balaban J connectivity index is 1.50. The van der Waals surface area contributed by atoms with Gasteiger partial charge < -0.3 is 9.15 Å². The lowest BCUT2D eigenvalue weighted by Gasteiger charge is -2.10. The highest BCUT2D eigenvalue weighted by atomic mass is 32.2. The number of nitriles is 1. The van der Waals surface area contributed by atoms with Gasteiger partial charge in [-0.2, -0.15) is 5.26 Å². The van der Waals surface area contributed by atoms with Crippen molar-refractivity contribution in [3.63, 3.8) is 0 Å². The average molecular weight is 402 g/mol. The molecule has 0 N–H and O–H groups in total. The molecular weight excluding hydrogens is 384 g/mol. The first-order valence-corrected chi connectivity index (χ1v) is 10.1. The van der Waals surface area contributed by atoms with E-state index in [1.165, 1.54) is 0 Å². The Bertz CT molecular complexity index is 1130. The molecule has 144 valence electrons. The third-order valence-electron chi connectivity index (χ3n) is 4.31. The second-order valence-corrected chi connectivity index (χ2v) is 7.26. The monoisotopic (exact) mass is 402 g/mol. The van der Waals surface area contributed by atoms with Crippen LogP contribution in [0.4, 0.5) is 0 Å². The maximum atomic E-state index is 8.86. The van der Waals surface area contributed by atoms with Gasteiger partial charge in [-0.3, -0.25) is 4.57 Å². The van der Waals surface area contributed by atoms with Crippen LogP contribution in [-0.2, 0) is 0 Å². The van der Waals surface area contributed by atoms with Crippen LogP contribution in [0.3, 0.4) is 0 Å². The highest BCUT2D eigenvalue weighted by molar-refractivity contribution is 7.99. The molecule has 0 radical (unpaired) electrons. The lowest BCUT2D eigenvalue weighted by molar-refractivity contribution is 0.344. The van der Waals surface area contributed by atoms with Crippen molar-refractivity contribution in [1.82, 2.24) is 14.8 Å². The van der Waals surface area contributed by atoms with Gasteiger partial charge in [-0.25, -0.2) is 0 Å². The van der Waals surface area contributed by atoms with Crippen LogP contribution in [0.25, 0.3) is 17.1 Å². The fourth-order valence-corrected chi connectivity index (χ4v) is 3.65. The standard InChI is InChI=1S/C22H18N4O2S/c1-16-20(11-12-27-16)21-24-25-22(26(21)18-5-3-2-4-6-18)29-14-13-28-19-9-7-17(15-23)8-10-19/h2-12H,13-14H2,1H3. The molecule has 0 amide bonds. The lowest BCUT2D eigenvalue weighted by atomic mass is 10.2. The molecule has 0 saturated carbocycles. The molecule has 2 aromatic carbocycles. The number of nitrogens with zero attached hydrogens (tertiary/aromatic N) is 4. The molecule has 0 aliphatic rings. The Morgan fingerprint density at radius 2 is 1.86 bits per heavy atom. The summed E-state index contributed by atoms with van der Waals surface area (Å²) >= 11 is 1.57. The molecule has 0 aliphatic carbocycles. The average Bonchev–Trinajstić information content (AvgIpc) is 3.38. The highest BCUT2D eigenvalue weighted by Crippen LogP contribution is 2.30. The van der Waals surface area contributed by atoms with E-state index in [0.29, 0.717) is 17.9 Å². The summed E-state index contributed by atoms with van der Waals surface area (Å²) in [5, 5.41) is 18.5. The Kier molecular flexibility index (Phi) is 5.63. The third-order valence-corrected chi connectivity index (χ3v) is 5.21. The molecule has 0 unspecified atom stereocenters. The van der Waals surface area contributed by atoms with E-state index in [1.807, 2.05) is 47.9 Å². The van der Waals surface area contributed by atoms with Crippen LogP contribution in [0.2, 0.25) is 0 Å². The summed E-state index contributed by atoms with van der Waals surface area (Å²) in [6.07, 6.45) is 1.66. The molecule has 7 heteroatoms. The summed E-state index contributed by atoms with van der Waals surface area (Å²) in [6, 6.07) is 21.1. The van der Waals surface area contributed by atoms with Gasteiger partial charge in [0.25, 0.3) is 0 Å². The van der Waals surface area contributed by atoms with Crippen molar-refractivity contribution in [2.45, 2.75) is 12.1 Å². The van der Waals surface area contributed by atoms with Crippen LogP contribution in [0.15, 0.2) is 76.5 Å². The highest BCUT2D eigenvalue weighted by Gasteiger charge is 2.18. The molecule has 2 aromatic heterocycles. The van der Waals surface area contributed by atoms with Crippen molar-refractivity contribution in [3.8, 4) is 28.9 Å². The van der Waals surface area contributed by atoms with E-state index in [9.17, 15) is 0 Å². The molecule has 29 heavy (non-hydrogen) atoms. The smallest absolute Gasteiger partial charge is 0.196 e. The van der Waals surface area contributed by atoms with Gasteiger partial charge >= 0.3 is 0 Å². The minimum absolute atomic E-state index is 0.512. The molecule has 0 spiro atoms. The largest absolute Gasteiger partial charge is 0.493 e. The van der Waals surface area contributed by atoms with E-state index >= 15 is 0 Å². The predicted molar refractivity (Wildman–Crippen MR) is 111 cm³/mol. The zero-order valence-corrected chi connectivity index (χ0v) is 16.6. The molecule has 4 rings (SSSR count). The Hall–Kier alpha value is -3.50. The van der Waals surface area contributed by atoms with Crippen LogP contribution in [0.1, 0.15) is 11.3 Å². The van der Waals surface area contributed by atoms with Gasteiger partial charge in [-0.15, -0.1) is 10.2 Å². The minimum Gasteiger partial charge on any atom is -0.493 e. The van der Waals surface area contributed by atoms with E-state index < -0.39 is 0 Å². The van der Waals surface area contributed by atoms with Gasteiger partial charge in [0.2, 0.25) is 0 Å². The topological polar surface area (TPSA) is 76.9 Å². The van der Waals surface area contributed by atoms with Crippen LogP contribution in [0.5, 0.6) is 5.75 Å². The van der Waals surface area contributed by atoms with E-state index in [2.05, 4.69) is 16.3 Å². The summed E-state index contributed by atoms with van der Waals surface area (Å²) in [5.41, 5.74) is 2.52. The number of furan rings is 1. The molecule has 6 nitrogen and oxygen atoms in total. The third kappa shape index (κ3) is 4.18. The first-order chi connectivity index (χ1) is 14.3. The number of ether oxygens (including phenoxy) is 1. The molecule has 0 fully saturated rings. The Morgan fingerprint density at radius 3 is 2.55 bits per heavy atom. The lowest BCUT2D eigenvalue weighted by Crippen LogP contribution is -2.03. The van der Waals surface area contributed by atoms with Crippen molar-refractivity contribution >= 4 is 11.8 Å². The molecule has 2 heterocycles. The van der Waals surface area contributed by atoms with E-state index in [-0.39, 0.29) is 0 Å². The summed E-state index contributed by atoms with van der Waals surface area (Å²) in [6.45, 7) is 2.43. The van der Waals surface area contributed by atoms with Gasteiger partial charge in [-0.1, -0.05) is 30.0 Å². The fourth-order valence-electron chi connectivity index (χ4n) is 2.88. The van der Waals surface area contributed by atoms with Crippen LogP contribution in [-0.4, -0.2) is 27.1 Å². The Labute approximate surface area is 172 Å². The molecule has 4 aromatic rings.